The number of hydrogen-bond donors (Lipinski definition) is 2. The molecule has 0 aromatic carbocycles. The summed E-state index contributed by atoms with van der Waals surface area (Å²) >= 11 is 0. The molecule has 1 rings (SSSR count). The van der Waals surface area contributed by atoms with E-state index in [1.807, 2.05) is 6.92 Å². The molecule has 1 aliphatic heterocycles. The number of aliphatic hydroxyl groups is 1. The second-order valence-electron chi connectivity index (χ2n) is 7.25. The van der Waals surface area contributed by atoms with E-state index in [0.717, 1.165) is 32.5 Å². The van der Waals surface area contributed by atoms with Crippen LogP contribution in [0.2, 0.25) is 0 Å². The molecule has 0 spiro atoms. The number of nitrogens with zero attached hydrogens (tertiary/aromatic N) is 1. The summed E-state index contributed by atoms with van der Waals surface area (Å²) in [6.45, 7) is 13.4. The number of morpholine rings is 1. The Kier molecular flexibility index (Phi) is 4.81. The van der Waals surface area contributed by atoms with Gasteiger partial charge in [0.1, 0.15) is 0 Å². The zero-order chi connectivity index (χ0) is 14.0. The van der Waals surface area contributed by atoms with Crippen LogP contribution in [0.3, 0.4) is 0 Å². The summed E-state index contributed by atoms with van der Waals surface area (Å²) < 4.78 is 6.05. The highest BCUT2D eigenvalue weighted by atomic mass is 16.5. The SMILES string of the molecule is CC(N)(CO)CCCN1CC(C)(C)OC(C)(C)C1. The van der Waals surface area contributed by atoms with Crippen molar-refractivity contribution in [2.45, 2.75) is 64.2 Å². The maximum atomic E-state index is 9.14. The van der Waals surface area contributed by atoms with Crippen LogP contribution in [0.15, 0.2) is 0 Å². The van der Waals surface area contributed by atoms with Crippen molar-refractivity contribution in [2.24, 2.45) is 5.73 Å². The molecular weight excluding hydrogens is 228 g/mol. The van der Waals surface area contributed by atoms with Gasteiger partial charge < -0.3 is 15.6 Å². The zero-order valence-corrected chi connectivity index (χ0v) is 12.6. The van der Waals surface area contributed by atoms with E-state index in [2.05, 4.69) is 32.6 Å². The smallest absolute Gasteiger partial charge is 0.0760 e. The Hall–Kier alpha value is -0.160. The monoisotopic (exact) mass is 258 g/mol. The van der Waals surface area contributed by atoms with Crippen molar-refractivity contribution in [1.29, 1.82) is 0 Å². The molecule has 1 saturated heterocycles. The quantitative estimate of drug-likeness (QED) is 0.782. The number of aliphatic hydroxyl groups excluding tert-OH is 1. The van der Waals surface area contributed by atoms with Gasteiger partial charge in [0, 0.05) is 18.6 Å². The molecule has 0 aliphatic carbocycles. The lowest BCUT2D eigenvalue weighted by Crippen LogP contribution is -2.57. The van der Waals surface area contributed by atoms with E-state index in [9.17, 15) is 0 Å². The van der Waals surface area contributed by atoms with Gasteiger partial charge in [-0.05, 0) is 54.0 Å². The zero-order valence-electron chi connectivity index (χ0n) is 12.6. The van der Waals surface area contributed by atoms with Crippen LogP contribution < -0.4 is 5.73 Å². The fourth-order valence-electron chi connectivity index (χ4n) is 2.89. The van der Waals surface area contributed by atoms with Gasteiger partial charge >= 0.3 is 0 Å². The maximum absolute atomic E-state index is 9.14. The lowest BCUT2D eigenvalue weighted by atomic mass is 9.96. The average Bonchev–Trinajstić information content (AvgIpc) is 2.12. The van der Waals surface area contributed by atoms with Gasteiger partial charge in [-0.3, -0.25) is 4.90 Å². The summed E-state index contributed by atoms with van der Waals surface area (Å²) in [5.74, 6) is 0. The summed E-state index contributed by atoms with van der Waals surface area (Å²) in [5.41, 5.74) is 5.31. The summed E-state index contributed by atoms with van der Waals surface area (Å²) in [5, 5.41) is 9.14. The Balaban J connectivity index is 2.43. The van der Waals surface area contributed by atoms with Crippen molar-refractivity contribution in [2.75, 3.05) is 26.2 Å². The van der Waals surface area contributed by atoms with Crippen molar-refractivity contribution in [3.05, 3.63) is 0 Å². The highest BCUT2D eigenvalue weighted by Gasteiger charge is 2.37. The van der Waals surface area contributed by atoms with Crippen LogP contribution in [0.5, 0.6) is 0 Å². The molecule has 0 aromatic rings. The summed E-state index contributed by atoms with van der Waals surface area (Å²) in [6.07, 6.45) is 1.86. The first kappa shape index (κ1) is 15.9. The lowest BCUT2D eigenvalue weighted by molar-refractivity contribution is -0.180. The largest absolute Gasteiger partial charge is 0.394 e. The van der Waals surface area contributed by atoms with Crippen LogP contribution >= 0.6 is 0 Å². The van der Waals surface area contributed by atoms with Crippen LogP contribution in [-0.2, 0) is 4.74 Å². The van der Waals surface area contributed by atoms with Gasteiger partial charge in [-0.2, -0.15) is 0 Å². The Bertz CT molecular complexity index is 259. The Morgan fingerprint density at radius 2 is 1.72 bits per heavy atom. The predicted octanol–water partition coefficient (Wildman–Crippen LogP) is 1.37. The molecule has 4 heteroatoms. The van der Waals surface area contributed by atoms with Crippen molar-refractivity contribution in [3.63, 3.8) is 0 Å². The van der Waals surface area contributed by atoms with Crippen LogP contribution in [-0.4, -0.2) is 53.0 Å². The molecule has 4 nitrogen and oxygen atoms in total. The number of rotatable bonds is 5. The van der Waals surface area contributed by atoms with Gasteiger partial charge in [-0.25, -0.2) is 0 Å². The molecule has 1 atom stereocenters. The lowest BCUT2D eigenvalue weighted by Gasteiger charge is -2.47. The summed E-state index contributed by atoms with van der Waals surface area (Å²) in [4.78, 5) is 2.44. The van der Waals surface area contributed by atoms with Crippen LogP contribution in [0.4, 0.5) is 0 Å². The molecule has 1 aliphatic rings. The third-order valence-corrected chi connectivity index (χ3v) is 3.34. The first-order valence-corrected chi connectivity index (χ1v) is 6.88. The average molecular weight is 258 g/mol. The third kappa shape index (κ3) is 5.22. The molecule has 1 heterocycles. The second kappa shape index (κ2) is 5.45. The van der Waals surface area contributed by atoms with Gasteiger partial charge in [0.15, 0.2) is 0 Å². The highest BCUT2D eigenvalue weighted by Crippen LogP contribution is 2.28. The Morgan fingerprint density at radius 1 is 1.22 bits per heavy atom. The molecule has 1 unspecified atom stereocenters. The Morgan fingerprint density at radius 3 is 2.17 bits per heavy atom. The molecule has 0 bridgehead atoms. The molecule has 1 fully saturated rings. The van der Waals surface area contributed by atoms with Gasteiger partial charge in [0.2, 0.25) is 0 Å². The van der Waals surface area contributed by atoms with E-state index < -0.39 is 5.54 Å². The second-order valence-corrected chi connectivity index (χ2v) is 7.25. The van der Waals surface area contributed by atoms with Crippen molar-refractivity contribution >= 4 is 0 Å². The van der Waals surface area contributed by atoms with Crippen LogP contribution in [0.25, 0.3) is 0 Å². The fraction of sp³-hybridized carbons (Fsp3) is 1.00. The number of ether oxygens (including phenoxy) is 1. The topological polar surface area (TPSA) is 58.7 Å². The van der Waals surface area contributed by atoms with Gasteiger partial charge in [-0.1, -0.05) is 0 Å². The van der Waals surface area contributed by atoms with Gasteiger partial charge in [0.05, 0.1) is 17.8 Å². The molecule has 0 saturated carbocycles. The number of hydrogen-bond acceptors (Lipinski definition) is 4. The van der Waals surface area contributed by atoms with Crippen molar-refractivity contribution < 1.29 is 9.84 Å². The van der Waals surface area contributed by atoms with E-state index in [4.69, 9.17) is 15.6 Å². The molecular formula is C14H30N2O2. The minimum atomic E-state index is -0.447. The maximum Gasteiger partial charge on any atom is 0.0760 e. The molecule has 108 valence electrons. The van der Waals surface area contributed by atoms with Gasteiger partial charge in [-0.15, -0.1) is 0 Å². The highest BCUT2D eigenvalue weighted by molar-refractivity contribution is 4.89. The first-order chi connectivity index (χ1) is 8.05. The molecule has 0 amide bonds. The van der Waals surface area contributed by atoms with Crippen molar-refractivity contribution in [3.8, 4) is 0 Å². The fourth-order valence-corrected chi connectivity index (χ4v) is 2.89. The van der Waals surface area contributed by atoms with Gasteiger partial charge in [0.25, 0.3) is 0 Å². The van der Waals surface area contributed by atoms with Crippen LogP contribution in [0, 0.1) is 0 Å². The van der Waals surface area contributed by atoms with Crippen LogP contribution in [0.1, 0.15) is 47.5 Å². The molecule has 0 aromatic heterocycles. The van der Waals surface area contributed by atoms with E-state index in [1.165, 1.54) is 0 Å². The molecule has 0 radical (unpaired) electrons. The van der Waals surface area contributed by atoms with E-state index >= 15 is 0 Å². The normalized spacial score (nSPS) is 26.8. The minimum Gasteiger partial charge on any atom is -0.394 e. The number of nitrogens with two attached hydrogens (primary N) is 1. The Labute approximate surface area is 111 Å². The summed E-state index contributed by atoms with van der Waals surface area (Å²) in [7, 11) is 0. The molecule has 18 heavy (non-hydrogen) atoms. The summed E-state index contributed by atoms with van der Waals surface area (Å²) in [6, 6.07) is 0. The van der Waals surface area contributed by atoms with Crippen molar-refractivity contribution in [1.82, 2.24) is 4.90 Å². The first-order valence-electron chi connectivity index (χ1n) is 6.88. The molecule has 3 N–H and O–H groups in total. The third-order valence-electron chi connectivity index (χ3n) is 3.34. The van der Waals surface area contributed by atoms with E-state index in [-0.39, 0.29) is 17.8 Å². The predicted molar refractivity (Wildman–Crippen MR) is 74.6 cm³/mol. The standard InChI is InChI=1S/C14H30N2O2/c1-12(2)9-16(10-13(3,4)18-12)8-6-7-14(5,15)11-17/h17H,6-11,15H2,1-5H3. The van der Waals surface area contributed by atoms with E-state index in [0.29, 0.717) is 0 Å². The van der Waals surface area contributed by atoms with E-state index in [1.54, 1.807) is 0 Å². The minimum absolute atomic E-state index is 0.0487.